The molecule has 2 bridgehead atoms. The minimum atomic E-state index is -0.615. The van der Waals surface area contributed by atoms with Gasteiger partial charge in [-0.2, -0.15) is 0 Å². The Kier molecular flexibility index (Phi) is 10.1. The van der Waals surface area contributed by atoms with Crippen LogP contribution in [0.1, 0.15) is 77.2 Å². The number of rotatable bonds is 6. The van der Waals surface area contributed by atoms with Crippen LogP contribution in [0, 0.1) is 24.7 Å². The molecule has 3 fully saturated rings. The number of hydrogen-bond donors (Lipinski definition) is 2. The first-order valence-electron chi connectivity index (χ1n) is 12.9. The number of halogens is 1. The summed E-state index contributed by atoms with van der Waals surface area (Å²) in [6.45, 7) is 6.06. The molecule has 186 valence electrons. The standard InChI is InChI=1S/C27H39ClN2O2.C2H2/c1-3-20-13-19(17-30-23-5-4-6-24(30)15-21(14-23)27(31)32)9-12-25(20)26(28)16-29-22-10-7-18(2)8-11-22;1-2/h3,9,12-13,18,21-24,29H,4-8,10-11,14-17H2,1-2H3,(H,31,32);1-2H/b20-3-,26-25+;. The molecule has 0 spiro atoms. The summed E-state index contributed by atoms with van der Waals surface area (Å²) in [5, 5.41) is 16.4. The Morgan fingerprint density at radius 3 is 2.38 bits per heavy atom. The van der Waals surface area contributed by atoms with Gasteiger partial charge in [0.2, 0.25) is 0 Å². The van der Waals surface area contributed by atoms with Crippen LogP contribution >= 0.6 is 11.6 Å². The maximum Gasteiger partial charge on any atom is 0.306 e. The van der Waals surface area contributed by atoms with Crippen LogP contribution < -0.4 is 15.8 Å². The highest BCUT2D eigenvalue weighted by molar-refractivity contribution is 6.45. The lowest BCUT2D eigenvalue weighted by atomic mass is 9.78. The van der Waals surface area contributed by atoms with E-state index in [1.54, 1.807) is 0 Å². The van der Waals surface area contributed by atoms with E-state index in [2.05, 4.69) is 61.2 Å². The number of carboxylic acid groups (broad SMARTS) is 1. The molecule has 0 amide bonds. The normalized spacial score (nSPS) is 30.7. The van der Waals surface area contributed by atoms with E-state index in [0.717, 1.165) is 54.9 Å². The van der Waals surface area contributed by atoms with Gasteiger partial charge in [0.1, 0.15) is 0 Å². The molecule has 5 heteroatoms. The minimum absolute atomic E-state index is 0.170. The number of hydrogen-bond acceptors (Lipinski definition) is 3. The third-order valence-corrected chi connectivity index (χ3v) is 8.46. The van der Waals surface area contributed by atoms with Gasteiger partial charge in [-0.15, -0.1) is 12.8 Å². The van der Waals surface area contributed by atoms with Crippen molar-refractivity contribution in [1.82, 2.24) is 10.2 Å². The molecule has 34 heavy (non-hydrogen) atoms. The predicted molar refractivity (Wildman–Crippen MR) is 142 cm³/mol. The SMILES string of the molecule is C#C.C/C=c1/cc(CN2C3CCCC2CC(C(=O)O)C3)cc/c1=C(\Cl)CNC1CCC(C)CC1. The van der Waals surface area contributed by atoms with Gasteiger partial charge in [0.25, 0.3) is 0 Å². The molecule has 2 saturated heterocycles. The number of piperidine rings is 2. The van der Waals surface area contributed by atoms with Crippen LogP contribution in [-0.2, 0) is 11.3 Å². The number of fused-ring (bicyclic) bond motifs is 2. The Morgan fingerprint density at radius 1 is 1.15 bits per heavy atom. The van der Waals surface area contributed by atoms with E-state index < -0.39 is 5.97 Å². The molecule has 1 aliphatic carbocycles. The lowest BCUT2D eigenvalue weighted by molar-refractivity contribution is -0.146. The van der Waals surface area contributed by atoms with Crippen LogP contribution in [0.5, 0.6) is 0 Å². The average Bonchev–Trinajstić information content (AvgIpc) is 2.84. The summed E-state index contributed by atoms with van der Waals surface area (Å²) >= 11 is 6.77. The molecular formula is C29H41ClN2O2. The summed E-state index contributed by atoms with van der Waals surface area (Å²) in [6, 6.07) is 8.05. The largest absolute Gasteiger partial charge is 0.481 e. The smallest absolute Gasteiger partial charge is 0.306 e. The van der Waals surface area contributed by atoms with Gasteiger partial charge in [-0.05, 0) is 80.2 Å². The molecule has 1 aromatic rings. The molecule has 2 N–H and O–H groups in total. The van der Waals surface area contributed by atoms with Gasteiger partial charge in [0.05, 0.1) is 5.92 Å². The minimum Gasteiger partial charge on any atom is -0.481 e. The van der Waals surface area contributed by atoms with E-state index >= 15 is 0 Å². The second kappa shape index (κ2) is 12.8. The Hall–Kier alpha value is -1.80. The van der Waals surface area contributed by atoms with Gasteiger partial charge in [0.15, 0.2) is 0 Å². The first-order valence-corrected chi connectivity index (χ1v) is 13.3. The first kappa shape index (κ1) is 26.8. The topological polar surface area (TPSA) is 52.6 Å². The van der Waals surface area contributed by atoms with Crippen LogP contribution in [0.3, 0.4) is 0 Å². The number of nitrogens with one attached hydrogen (secondary N) is 1. The fourth-order valence-electron chi connectivity index (χ4n) is 6.14. The zero-order valence-electron chi connectivity index (χ0n) is 20.8. The second-order valence-corrected chi connectivity index (χ2v) is 10.8. The second-order valence-electron chi connectivity index (χ2n) is 10.4. The molecule has 1 saturated carbocycles. The highest BCUT2D eigenvalue weighted by Gasteiger charge is 2.40. The van der Waals surface area contributed by atoms with Gasteiger partial charge < -0.3 is 10.4 Å². The number of carbonyl (C=O) groups is 1. The van der Waals surface area contributed by atoms with Crippen LogP contribution in [0.4, 0.5) is 0 Å². The number of aliphatic carboxylic acids is 1. The van der Waals surface area contributed by atoms with E-state index in [1.807, 2.05) is 0 Å². The summed E-state index contributed by atoms with van der Waals surface area (Å²) in [6.07, 6.45) is 20.3. The van der Waals surface area contributed by atoms with Gasteiger partial charge in [-0.1, -0.05) is 49.2 Å². The number of carboxylic acids is 1. The maximum absolute atomic E-state index is 11.6. The molecule has 3 aliphatic rings. The number of benzene rings is 1. The molecule has 0 aromatic heterocycles. The number of terminal acetylenes is 1. The fourth-order valence-corrected chi connectivity index (χ4v) is 6.39. The zero-order chi connectivity index (χ0) is 24.7. The monoisotopic (exact) mass is 484 g/mol. The van der Waals surface area contributed by atoms with Gasteiger partial charge in [-0.25, -0.2) is 0 Å². The predicted octanol–water partition coefficient (Wildman–Crippen LogP) is 4.47. The Labute approximate surface area is 210 Å². The summed E-state index contributed by atoms with van der Waals surface area (Å²) in [4.78, 5) is 14.1. The third kappa shape index (κ3) is 6.66. The van der Waals surface area contributed by atoms with Crippen molar-refractivity contribution in [3.63, 3.8) is 0 Å². The summed E-state index contributed by atoms with van der Waals surface area (Å²) < 4.78 is 0. The zero-order valence-corrected chi connectivity index (χ0v) is 21.6. The van der Waals surface area contributed by atoms with Crippen LogP contribution in [-0.4, -0.2) is 40.6 Å². The molecule has 1 aromatic carbocycles. The van der Waals surface area contributed by atoms with Gasteiger partial charge in [-0.3, -0.25) is 9.69 Å². The average molecular weight is 485 g/mol. The molecule has 2 heterocycles. The van der Waals surface area contributed by atoms with Crippen molar-refractivity contribution >= 4 is 28.7 Å². The van der Waals surface area contributed by atoms with Crippen molar-refractivity contribution in [3.05, 3.63) is 34.2 Å². The quantitative estimate of drug-likeness (QED) is 0.585. The molecule has 4 rings (SSSR count). The summed E-state index contributed by atoms with van der Waals surface area (Å²) in [5.74, 6) is 0.0721. The lowest BCUT2D eigenvalue weighted by Gasteiger charge is -2.48. The van der Waals surface area contributed by atoms with E-state index in [0.29, 0.717) is 18.1 Å². The van der Waals surface area contributed by atoms with E-state index in [-0.39, 0.29) is 5.92 Å². The molecule has 2 atom stereocenters. The Balaban J connectivity index is 0.00000158. The highest BCUT2D eigenvalue weighted by atomic mass is 35.5. The van der Waals surface area contributed by atoms with Crippen molar-refractivity contribution in [3.8, 4) is 12.8 Å². The van der Waals surface area contributed by atoms with Gasteiger partial charge in [0, 0.05) is 36.2 Å². The van der Waals surface area contributed by atoms with E-state index in [4.69, 9.17) is 11.6 Å². The molecular weight excluding hydrogens is 444 g/mol. The molecule has 2 unspecified atom stereocenters. The van der Waals surface area contributed by atoms with E-state index in [1.165, 1.54) is 42.9 Å². The van der Waals surface area contributed by atoms with Gasteiger partial charge >= 0.3 is 5.97 Å². The Morgan fingerprint density at radius 2 is 1.79 bits per heavy atom. The van der Waals surface area contributed by atoms with E-state index in [9.17, 15) is 9.90 Å². The van der Waals surface area contributed by atoms with Crippen molar-refractivity contribution in [2.45, 2.75) is 96.3 Å². The van der Waals surface area contributed by atoms with Crippen LogP contribution in [0.25, 0.3) is 11.1 Å². The fraction of sp³-hybridized carbons (Fsp3) is 0.621. The van der Waals surface area contributed by atoms with Crippen LogP contribution in [0.2, 0.25) is 0 Å². The maximum atomic E-state index is 11.6. The Bertz CT molecular complexity index is 950. The summed E-state index contributed by atoms with van der Waals surface area (Å²) in [5.41, 5.74) is 1.30. The molecule has 4 nitrogen and oxygen atoms in total. The van der Waals surface area contributed by atoms with Crippen molar-refractivity contribution in [1.29, 1.82) is 0 Å². The van der Waals surface area contributed by atoms with Crippen LogP contribution in [0.15, 0.2) is 18.2 Å². The highest BCUT2D eigenvalue weighted by Crippen LogP contribution is 2.38. The molecule has 0 radical (unpaired) electrons. The summed E-state index contributed by atoms with van der Waals surface area (Å²) in [7, 11) is 0. The van der Waals surface area contributed by atoms with Crippen molar-refractivity contribution < 1.29 is 9.90 Å². The first-order chi connectivity index (χ1) is 16.4. The number of nitrogens with zero attached hydrogens (tertiary/aromatic N) is 1. The van der Waals surface area contributed by atoms with Crippen molar-refractivity contribution in [2.75, 3.05) is 6.54 Å². The molecule has 2 aliphatic heterocycles. The lowest BCUT2D eigenvalue weighted by Crippen LogP contribution is -2.52. The van der Waals surface area contributed by atoms with Crippen molar-refractivity contribution in [2.24, 2.45) is 11.8 Å². The third-order valence-electron chi connectivity index (χ3n) is 8.12.